The maximum absolute atomic E-state index is 11.4. The highest BCUT2D eigenvalue weighted by Crippen LogP contribution is 2.25. The first-order valence-electron chi connectivity index (χ1n) is 5.95. The second kappa shape index (κ2) is 4.89. The van der Waals surface area contributed by atoms with Crippen molar-refractivity contribution < 1.29 is 14.3 Å². The first-order chi connectivity index (χ1) is 8.95. The molecule has 0 radical (unpaired) electrons. The first kappa shape index (κ1) is 13.4. The summed E-state index contributed by atoms with van der Waals surface area (Å²) in [5.41, 5.74) is 1.92. The molecule has 2 atom stereocenters. The van der Waals surface area contributed by atoms with Crippen LogP contribution in [0, 0.1) is 5.92 Å². The second-order valence-electron chi connectivity index (χ2n) is 4.55. The van der Waals surface area contributed by atoms with Crippen LogP contribution in [0.5, 0.6) is 0 Å². The molecule has 1 aromatic carbocycles. The van der Waals surface area contributed by atoms with Crippen molar-refractivity contribution in [1.82, 2.24) is 9.88 Å². The fourth-order valence-electron chi connectivity index (χ4n) is 2.19. The van der Waals surface area contributed by atoms with Crippen LogP contribution in [0.3, 0.4) is 0 Å². The molecule has 6 nitrogen and oxygen atoms in total. The van der Waals surface area contributed by atoms with Gasteiger partial charge in [-0.25, -0.2) is 4.79 Å². The Hall–Kier alpha value is -2.08. The smallest absolute Gasteiger partial charge is 0.419 e. The number of nitrogens with zero attached hydrogens (tertiary/aromatic N) is 1. The van der Waals surface area contributed by atoms with Gasteiger partial charge in [-0.2, -0.15) is 0 Å². The van der Waals surface area contributed by atoms with Gasteiger partial charge in [0, 0.05) is 13.1 Å². The Morgan fingerprint density at radius 2 is 2.16 bits per heavy atom. The van der Waals surface area contributed by atoms with Gasteiger partial charge in [-0.05, 0) is 24.7 Å². The number of hydrogen-bond donors (Lipinski definition) is 2. The van der Waals surface area contributed by atoms with E-state index >= 15 is 0 Å². The Balaban J connectivity index is 2.50. The molecule has 2 aromatic rings. The normalized spacial score (nSPS) is 14.5. The zero-order valence-corrected chi connectivity index (χ0v) is 11.0. The predicted molar refractivity (Wildman–Crippen MR) is 70.1 cm³/mol. The molecule has 2 N–H and O–H groups in total. The molecule has 0 fully saturated rings. The third kappa shape index (κ3) is 2.26. The van der Waals surface area contributed by atoms with E-state index in [1.54, 1.807) is 39.2 Å². The van der Waals surface area contributed by atoms with Crippen LogP contribution < -0.4 is 11.1 Å². The van der Waals surface area contributed by atoms with Crippen LogP contribution in [0.15, 0.2) is 27.4 Å². The van der Waals surface area contributed by atoms with E-state index in [0.29, 0.717) is 11.1 Å². The van der Waals surface area contributed by atoms with E-state index in [-0.39, 0.29) is 6.04 Å². The number of aliphatic carboxylic acids is 1. The molecule has 0 aliphatic rings. The van der Waals surface area contributed by atoms with Crippen molar-refractivity contribution in [1.29, 1.82) is 0 Å². The Labute approximate surface area is 109 Å². The number of fused-ring (bicyclic) bond motifs is 1. The number of aryl methyl sites for hydroxylation is 1. The predicted octanol–water partition coefficient (Wildman–Crippen LogP) is 1.11. The third-order valence-corrected chi connectivity index (χ3v) is 3.38. The summed E-state index contributed by atoms with van der Waals surface area (Å²) in [6.45, 7) is 1.63. The van der Waals surface area contributed by atoms with E-state index in [1.807, 2.05) is 0 Å². The largest absolute Gasteiger partial charge is 0.481 e. The number of carboxylic acids is 1. The average Bonchev–Trinajstić information content (AvgIpc) is 2.65. The summed E-state index contributed by atoms with van der Waals surface area (Å²) in [6.07, 6.45) is 0. The molecule has 2 rings (SSSR count). The molecule has 1 aromatic heterocycles. The van der Waals surface area contributed by atoms with Crippen molar-refractivity contribution in [3.05, 3.63) is 34.3 Å². The lowest BCUT2D eigenvalue weighted by Gasteiger charge is -2.20. The molecule has 6 heteroatoms. The van der Waals surface area contributed by atoms with E-state index in [0.717, 1.165) is 5.56 Å². The van der Waals surface area contributed by atoms with Crippen molar-refractivity contribution in [2.75, 3.05) is 7.05 Å². The molecule has 2 unspecified atom stereocenters. The summed E-state index contributed by atoms with van der Waals surface area (Å²) in [5, 5.41) is 12.1. The highest BCUT2D eigenvalue weighted by Gasteiger charge is 2.24. The maximum Gasteiger partial charge on any atom is 0.419 e. The van der Waals surface area contributed by atoms with Gasteiger partial charge in [0.15, 0.2) is 5.58 Å². The van der Waals surface area contributed by atoms with Crippen LogP contribution in [-0.2, 0) is 11.8 Å². The minimum absolute atomic E-state index is 0.340. The third-order valence-electron chi connectivity index (χ3n) is 3.38. The molecule has 0 aliphatic heterocycles. The van der Waals surface area contributed by atoms with E-state index in [2.05, 4.69) is 5.32 Å². The molecule has 1 heterocycles. The summed E-state index contributed by atoms with van der Waals surface area (Å²) in [5.74, 6) is -1.90. The summed E-state index contributed by atoms with van der Waals surface area (Å²) < 4.78 is 6.52. The number of aromatic nitrogens is 1. The van der Waals surface area contributed by atoms with E-state index < -0.39 is 17.6 Å². The van der Waals surface area contributed by atoms with Gasteiger partial charge in [0.05, 0.1) is 11.4 Å². The SMILES string of the molecule is CNC(c1ccc2c(c1)oc(=O)n2C)C(C)C(=O)O. The topological polar surface area (TPSA) is 84.5 Å². The Morgan fingerprint density at radius 1 is 1.47 bits per heavy atom. The number of benzene rings is 1. The van der Waals surface area contributed by atoms with Crippen molar-refractivity contribution >= 4 is 17.1 Å². The van der Waals surface area contributed by atoms with Gasteiger partial charge in [0.25, 0.3) is 0 Å². The van der Waals surface area contributed by atoms with Gasteiger partial charge in [0.2, 0.25) is 0 Å². The van der Waals surface area contributed by atoms with Gasteiger partial charge in [-0.3, -0.25) is 9.36 Å². The minimum atomic E-state index is -0.881. The van der Waals surface area contributed by atoms with Crippen LogP contribution in [0.25, 0.3) is 11.1 Å². The quantitative estimate of drug-likeness (QED) is 0.864. The standard InChI is InChI=1S/C13H16N2O4/c1-7(12(16)17)11(14-2)8-4-5-9-10(6-8)19-13(18)15(9)3/h4-7,11,14H,1-3H3,(H,16,17). The molecule has 0 spiro atoms. The highest BCUT2D eigenvalue weighted by molar-refractivity contribution is 5.75. The van der Waals surface area contributed by atoms with Crippen LogP contribution in [0.1, 0.15) is 18.5 Å². The van der Waals surface area contributed by atoms with Crippen molar-refractivity contribution in [2.45, 2.75) is 13.0 Å². The molecule has 0 amide bonds. The second-order valence-corrected chi connectivity index (χ2v) is 4.55. The van der Waals surface area contributed by atoms with E-state index in [4.69, 9.17) is 9.52 Å². The minimum Gasteiger partial charge on any atom is -0.481 e. The fraction of sp³-hybridized carbons (Fsp3) is 0.385. The maximum atomic E-state index is 11.4. The van der Waals surface area contributed by atoms with Gasteiger partial charge in [-0.1, -0.05) is 13.0 Å². The van der Waals surface area contributed by atoms with Crippen molar-refractivity contribution in [3.8, 4) is 0 Å². The number of oxazole rings is 1. The van der Waals surface area contributed by atoms with Crippen LogP contribution >= 0.6 is 0 Å². The average molecular weight is 264 g/mol. The molecule has 102 valence electrons. The zero-order chi connectivity index (χ0) is 14.2. The molecular weight excluding hydrogens is 248 g/mol. The summed E-state index contributed by atoms with van der Waals surface area (Å²) >= 11 is 0. The lowest BCUT2D eigenvalue weighted by atomic mass is 9.94. The molecule has 0 aliphatic carbocycles. The summed E-state index contributed by atoms with van der Waals surface area (Å²) in [6, 6.07) is 4.93. The summed E-state index contributed by atoms with van der Waals surface area (Å²) in [4.78, 5) is 22.5. The molecule has 0 saturated heterocycles. The monoisotopic (exact) mass is 264 g/mol. The number of carboxylic acid groups (broad SMARTS) is 1. The van der Waals surface area contributed by atoms with Crippen LogP contribution in [0.4, 0.5) is 0 Å². The van der Waals surface area contributed by atoms with E-state index in [9.17, 15) is 9.59 Å². The van der Waals surface area contributed by atoms with Crippen LogP contribution in [0.2, 0.25) is 0 Å². The number of nitrogens with one attached hydrogen (secondary N) is 1. The van der Waals surface area contributed by atoms with Gasteiger partial charge in [0.1, 0.15) is 0 Å². The van der Waals surface area contributed by atoms with Crippen LogP contribution in [-0.4, -0.2) is 22.7 Å². The zero-order valence-electron chi connectivity index (χ0n) is 11.0. The Morgan fingerprint density at radius 3 is 2.74 bits per heavy atom. The molecular formula is C13H16N2O4. The lowest BCUT2D eigenvalue weighted by molar-refractivity contribution is -0.142. The Kier molecular flexibility index (Phi) is 3.44. The highest BCUT2D eigenvalue weighted by atomic mass is 16.4. The van der Waals surface area contributed by atoms with E-state index in [1.165, 1.54) is 4.57 Å². The lowest BCUT2D eigenvalue weighted by Crippen LogP contribution is -2.28. The fourth-order valence-corrected chi connectivity index (χ4v) is 2.19. The van der Waals surface area contributed by atoms with Gasteiger partial charge in [-0.15, -0.1) is 0 Å². The number of rotatable bonds is 4. The first-order valence-corrected chi connectivity index (χ1v) is 5.95. The summed E-state index contributed by atoms with van der Waals surface area (Å²) in [7, 11) is 3.33. The number of carbonyl (C=O) groups is 1. The van der Waals surface area contributed by atoms with Crippen molar-refractivity contribution in [2.24, 2.45) is 13.0 Å². The molecule has 0 saturated carbocycles. The molecule has 19 heavy (non-hydrogen) atoms. The van der Waals surface area contributed by atoms with Gasteiger partial charge >= 0.3 is 11.7 Å². The Bertz CT molecular complexity index is 671. The van der Waals surface area contributed by atoms with Crippen molar-refractivity contribution in [3.63, 3.8) is 0 Å². The number of hydrogen-bond acceptors (Lipinski definition) is 4. The van der Waals surface area contributed by atoms with Gasteiger partial charge < -0.3 is 14.8 Å². The molecule has 0 bridgehead atoms.